The van der Waals surface area contributed by atoms with Crippen LogP contribution in [0.1, 0.15) is 24.8 Å². The van der Waals surface area contributed by atoms with Crippen molar-refractivity contribution in [3.05, 3.63) is 66.0 Å². The lowest BCUT2D eigenvalue weighted by molar-refractivity contribution is -0.759. The van der Waals surface area contributed by atoms with Gasteiger partial charge in [-0.15, -0.1) is 0 Å². The molecule has 3 aromatic rings. The maximum absolute atomic E-state index is 13.4. The minimum Gasteiger partial charge on any atom is -0.454 e. The first-order chi connectivity index (χ1) is 18.6. The van der Waals surface area contributed by atoms with E-state index in [2.05, 4.69) is 20.6 Å². The number of aromatic nitrogens is 2. The topological polar surface area (TPSA) is 113 Å². The third-order valence-corrected chi connectivity index (χ3v) is 7.16. The van der Waals surface area contributed by atoms with E-state index in [4.69, 9.17) is 14.0 Å². The van der Waals surface area contributed by atoms with Gasteiger partial charge in [0, 0.05) is 0 Å². The quantitative estimate of drug-likeness (QED) is 0.380. The summed E-state index contributed by atoms with van der Waals surface area (Å²) >= 11 is 1.17. The van der Waals surface area contributed by atoms with Gasteiger partial charge in [0.25, 0.3) is 12.1 Å². The summed E-state index contributed by atoms with van der Waals surface area (Å²) in [6.45, 7) is 1.96. The predicted octanol–water partition coefficient (Wildman–Crippen LogP) is 2.93. The van der Waals surface area contributed by atoms with E-state index in [1.165, 1.54) is 23.1 Å². The molecule has 2 aromatic carbocycles. The number of para-hydroxylation sites is 1. The number of nitrogens with zero attached hydrogens (tertiary/aromatic N) is 5. The molecule has 2 amide bonds. The van der Waals surface area contributed by atoms with Crippen molar-refractivity contribution in [2.24, 2.45) is 4.99 Å². The minimum absolute atomic E-state index is 0.0250. The van der Waals surface area contributed by atoms with Gasteiger partial charge < -0.3 is 9.47 Å². The first-order valence-corrected chi connectivity index (χ1v) is 13.3. The van der Waals surface area contributed by atoms with Gasteiger partial charge in [0.05, 0.1) is 29.3 Å². The fraction of sp³-hybridized carbons (Fsp3) is 0.269. The number of aliphatic imine (C=N–C) groups is 1. The molecular weight excluding hydrogens is 508 g/mol. The van der Waals surface area contributed by atoms with Gasteiger partial charge in [0.2, 0.25) is 18.0 Å². The molecule has 6 rings (SSSR count). The molecule has 0 radical (unpaired) electrons. The molecule has 3 aliphatic rings. The molecule has 11 nitrogen and oxygen atoms in total. The number of fused-ring (bicyclic) bond motifs is 1. The largest absolute Gasteiger partial charge is 0.454 e. The number of thioether (sulfide) groups is 1. The van der Waals surface area contributed by atoms with Gasteiger partial charge in [0.1, 0.15) is 5.70 Å². The summed E-state index contributed by atoms with van der Waals surface area (Å²) in [6.07, 6.45) is 6.76. The Morgan fingerprint density at radius 3 is 2.74 bits per heavy atom. The zero-order chi connectivity index (χ0) is 25.9. The highest BCUT2D eigenvalue weighted by molar-refractivity contribution is 8.14. The van der Waals surface area contributed by atoms with Crippen LogP contribution in [0.3, 0.4) is 0 Å². The van der Waals surface area contributed by atoms with Gasteiger partial charge in [-0.25, -0.2) is 4.99 Å². The highest BCUT2D eigenvalue weighted by Crippen LogP contribution is 2.34. The Morgan fingerprint density at radius 2 is 1.89 bits per heavy atom. The van der Waals surface area contributed by atoms with E-state index < -0.39 is 0 Å². The second-order valence-corrected chi connectivity index (χ2v) is 9.79. The smallest absolute Gasteiger partial charge is 0.305 e. The Hall–Kier alpha value is -4.32. The third-order valence-electron chi connectivity index (χ3n) is 6.22. The van der Waals surface area contributed by atoms with E-state index >= 15 is 0 Å². The van der Waals surface area contributed by atoms with Crippen LogP contribution in [0.25, 0.3) is 6.08 Å². The van der Waals surface area contributed by atoms with Gasteiger partial charge in [-0.3, -0.25) is 24.3 Å². The summed E-state index contributed by atoms with van der Waals surface area (Å²) in [5.41, 5.74) is 1.68. The molecule has 0 saturated carbocycles. The number of amides is 2. The SMILES string of the molecule is O=C(CSC1=N/C(=C/c2ccc3c(c2)OCO3)C(=O)N1c1ccccc1)Nc1c[n+](N2CCCCC2)no1. The fourth-order valence-corrected chi connectivity index (χ4v) is 5.18. The lowest BCUT2D eigenvalue weighted by Crippen LogP contribution is -2.60. The summed E-state index contributed by atoms with van der Waals surface area (Å²) in [7, 11) is 0. The van der Waals surface area contributed by atoms with Crippen molar-refractivity contribution in [3.63, 3.8) is 0 Å². The van der Waals surface area contributed by atoms with Crippen LogP contribution < -0.4 is 29.5 Å². The number of carbonyl (C=O) groups excluding carboxylic acids is 2. The number of rotatable bonds is 6. The Labute approximate surface area is 222 Å². The number of amidine groups is 1. The van der Waals surface area contributed by atoms with Gasteiger partial charge in [0.15, 0.2) is 16.7 Å². The number of benzene rings is 2. The average molecular weight is 534 g/mol. The minimum atomic E-state index is -0.298. The molecule has 0 spiro atoms. The number of hydrogen-bond acceptors (Lipinski definition) is 9. The number of anilines is 2. The van der Waals surface area contributed by atoms with Crippen molar-refractivity contribution in [1.29, 1.82) is 0 Å². The Balaban J connectivity index is 1.17. The van der Waals surface area contributed by atoms with Crippen LogP contribution in [-0.4, -0.2) is 47.9 Å². The Kier molecular flexibility index (Phi) is 6.69. The molecule has 12 heteroatoms. The van der Waals surface area contributed by atoms with Gasteiger partial charge >= 0.3 is 5.88 Å². The van der Waals surface area contributed by atoms with E-state index in [9.17, 15) is 9.59 Å². The number of hydrogen-bond donors (Lipinski definition) is 1. The van der Waals surface area contributed by atoms with Gasteiger partial charge in [-0.2, -0.15) is 5.01 Å². The lowest BCUT2D eigenvalue weighted by atomic mass is 10.1. The van der Waals surface area contributed by atoms with E-state index in [0.29, 0.717) is 22.4 Å². The van der Waals surface area contributed by atoms with Crippen LogP contribution in [-0.2, 0) is 9.59 Å². The molecule has 1 aromatic heterocycles. The highest BCUT2D eigenvalue weighted by atomic mass is 32.2. The maximum Gasteiger partial charge on any atom is 0.305 e. The average Bonchev–Trinajstić information content (AvgIpc) is 3.68. The highest BCUT2D eigenvalue weighted by Gasteiger charge is 2.33. The van der Waals surface area contributed by atoms with Crippen LogP contribution in [0.5, 0.6) is 11.5 Å². The first kappa shape index (κ1) is 24.0. The zero-order valence-corrected chi connectivity index (χ0v) is 21.2. The molecule has 38 heavy (non-hydrogen) atoms. The van der Waals surface area contributed by atoms with Crippen molar-refractivity contribution in [1.82, 2.24) is 5.27 Å². The Bertz CT molecular complexity index is 1420. The second kappa shape index (κ2) is 10.6. The third kappa shape index (κ3) is 5.07. The van der Waals surface area contributed by atoms with Crippen LogP contribution in [0, 0.1) is 0 Å². The molecular formula is C26H25N6O5S+. The van der Waals surface area contributed by atoms with E-state index in [-0.39, 0.29) is 35.9 Å². The summed E-state index contributed by atoms with van der Waals surface area (Å²) in [5.74, 6) is 0.984. The van der Waals surface area contributed by atoms with E-state index in [1.54, 1.807) is 29.2 Å². The van der Waals surface area contributed by atoms with Crippen LogP contribution >= 0.6 is 11.8 Å². The van der Waals surface area contributed by atoms with Crippen LogP contribution in [0.4, 0.5) is 11.6 Å². The Morgan fingerprint density at radius 1 is 1.08 bits per heavy atom. The molecule has 1 fully saturated rings. The molecule has 1 N–H and O–H groups in total. The number of nitrogens with one attached hydrogen (secondary N) is 1. The summed E-state index contributed by atoms with van der Waals surface area (Å²) in [4.78, 5) is 33.8. The van der Waals surface area contributed by atoms with Gasteiger partial charge in [-0.05, 0) is 55.2 Å². The van der Waals surface area contributed by atoms with E-state index in [1.807, 2.05) is 36.4 Å². The summed E-state index contributed by atoms with van der Waals surface area (Å²) < 4.78 is 16.1. The molecule has 3 aliphatic heterocycles. The zero-order valence-electron chi connectivity index (χ0n) is 20.4. The molecule has 194 valence electrons. The maximum atomic E-state index is 13.4. The van der Waals surface area contributed by atoms with Crippen LogP contribution in [0.2, 0.25) is 0 Å². The van der Waals surface area contributed by atoms with Crippen LogP contribution in [0.15, 0.2) is 69.9 Å². The monoisotopic (exact) mass is 533 g/mol. The van der Waals surface area contributed by atoms with Gasteiger partial charge in [-0.1, -0.05) is 36.0 Å². The molecule has 0 aliphatic carbocycles. The fourth-order valence-electron chi connectivity index (χ4n) is 4.37. The molecule has 4 heterocycles. The second-order valence-electron chi connectivity index (χ2n) is 8.85. The standard InChI is InChI=1S/C26H24N6O5S/c33-23(28-24-15-31(29-37-24)30-11-5-2-6-12-30)16-38-26-27-20(25(34)32(26)19-7-3-1-4-8-19)13-18-9-10-21-22(14-18)36-17-35-21/h1,3-4,7-10,13-15H,2,5-6,11-12,16-17H2/p+1/b20-13+. The summed E-state index contributed by atoms with van der Waals surface area (Å²) in [6, 6.07) is 14.7. The molecule has 1 saturated heterocycles. The number of piperidine rings is 1. The van der Waals surface area contributed by atoms with Crippen molar-refractivity contribution in [2.75, 3.05) is 40.9 Å². The lowest BCUT2D eigenvalue weighted by Gasteiger charge is -2.17. The normalized spacial score (nSPS) is 17.7. The van der Waals surface area contributed by atoms with E-state index in [0.717, 1.165) is 31.5 Å². The molecule has 0 atom stereocenters. The van der Waals surface area contributed by atoms with Crippen molar-refractivity contribution in [2.45, 2.75) is 19.3 Å². The number of ether oxygens (including phenoxy) is 2. The van der Waals surface area contributed by atoms with Crippen molar-refractivity contribution in [3.8, 4) is 11.5 Å². The molecule has 0 bridgehead atoms. The summed E-state index contributed by atoms with van der Waals surface area (Å²) in [5, 5.41) is 9.22. The van der Waals surface area contributed by atoms with Crippen molar-refractivity contribution < 1.29 is 28.4 Å². The number of carbonyl (C=O) groups is 2. The predicted molar refractivity (Wildman–Crippen MR) is 141 cm³/mol. The first-order valence-electron chi connectivity index (χ1n) is 12.3. The molecule has 0 unspecified atom stereocenters. The van der Waals surface area contributed by atoms with Crippen molar-refractivity contribution >= 4 is 46.4 Å².